The van der Waals surface area contributed by atoms with Crippen LogP contribution in [0.1, 0.15) is 38.3 Å². The highest BCUT2D eigenvalue weighted by Gasteiger charge is 2.42. The van der Waals surface area contributed by atoms with Crippen molar-refractivity contribution in [2.24, 2.45) is 0 Å². The van der Waals surface area contributed by atoms with Gasteiger partial charge < -0.3 is 9.47 Å². The maximum absolute atomic E-state index is 14.0. The van der Waals surface area contributed by atoms with E-state index in [1.54, 1.807) is 54.6 Å². The first-order valence-electron chi connectivity index (χ1n) is 13.6. The smallest absolute Gasteiger partial charge is 0.417 e. The van der Waals surface area contributed by atoms with Gasteiger partial charge in [0, 0.05) is 12.0 Å². The lowest BCUT2D eigenvalue weighted by Gasteiger charge is -2.17. The Labute approximate surface area is 264 Å². The van der Waals surface area contributed by atoms with Crippen molar-refractivity contribution in [2.45, 2.75) is 22.9 Å². The third kappa shape index (κ3) is 6.62. The van der Waals surface area contributed by atoms with Crippen LogP contribution in [0.15, 0.2) is 90.0 Å². The van der Waals surface area contributed by atoms with Gasteiger partial charge in [0.15, 0.2) is 6.61 Å². The summed E-state index contributed by atoms with van der Waals surface area (Å²) >= 11 is 0.609. The van der Waals surface area contributed by atoms with Gasteiger partial charge in [-0.15, -0.1) is 0 Å². The molecular formula is C33H22F3N3O6S. The van der Waals surface area contributed by atoms with Crippen molar-refractivity contribution < 1.29 is 41.8 Å². The minimum Gasteiger partial charge on any atom is -0.496 e. The van der Waals surface area contributed by atoms with E-state index in [0.717, 1.165) is 11.0 Å². The van der Waals surface area contributed by atoms with E-state index >= 15 is 0 Å². The van der Waals surface area contributed by atoms with Crippen LogP contribution in [0.2, 0.25) is 0 Å². The molecule has 1 aromatic heterocycles. The van der Waals surface area contributed by atoms with Gasteiger partial charge in [0.1, 0.15) is 16.8 Å². The normalized spacial score (nSPS) is 14.6. The SMILES string of the molecule is COc1ccccc1C(=O)COC(=O)c1ccc(N2C(=O)CC(Sc3nc(-c4ccccc4)cc(C(F)(F)F)c3C#N)C2=O)cc1. The molecule has 1 fully saturated rings. The van der Waals surface area contributed by atoms with Gasteiger partial charge in [-0.2, -0.15) is 18.4 Å². The number of alkyl halides is 3. The maximum Gasteiger partial charge on any atom is 0.417 e. The summed E-state index contributed by atoms with van der Waals surface area (Å²) in [6, 6.07) is 22.1. The number of nitriles is 1. The molecule has 0 spiro atoms. The molecule has 1 aliphatic heterocycles. The highest BCUT2D eigenvalue weighted by Crippen LogP contribution is 2.41. The number of para-hydroxylation sites is 1. The van der Waals surface area contributed by atoms with Crippen LogP contribution in [0, 0.1) is 11.3 Å². The van der Waals surface area contributed by atoms with Gasteiger partial charge in [0.2, 0.25) is 17.6 Å². The molecule has 1 aliphatic rings. The second-order valence-corrected chi connectivity index (χ2v) is 11.0. The molecule has 0 saturated carbocycles. The summed E-state index contributed by atoms with van der Waals surface area (Å²) in [7, 11) is 1.41. The molecule has 46 heavy (non-hydrogen) atoms. The first-order valence-corrected chi connectivity index (χ1v) is 14.4. The zero-order valence-corrected chi connectivity index (χ0v) is 24.7. The number of esters is 1. The van der Waals surface area contributed by atoms with Gasteiger partial charge in [-0.1, -0.05) is 54.2 Å². The van der Waals surface area contributed by atoms with Crippen molar-refractivity contribution in [1.82, 2.24) is 4.98 Å². The third-order valence-corrected chi connectivity index (χ3v) is 8.11. The molecule has 2 heterocycles. The molecule has 0 aliphatic carbocycles. The Morgan fingerprint density at radius 1 is 1.02 bits per heavy atom. The van der Waals surface area contributed by atoms with Crippen molar-refractivity contribution in [1.29, 1.82) is 5.26 Å². The number of ether oxygens (including phenoxy) is 2. The number of ketones is 1. The van der Waals surface area contributed by atoms with Crippen molar-refractivity contribution in [3.8, 4) is 23.1 Å². The number of anilines is 1. The summed E-state index contributed by atoms with van der Waals surface area (Å²) in [4.78, 5) is 56.5. The number of aromatic nitrogens is 1. The first kappa shape index (κ1) is 31.9. The number of thioether (sulfide) groups is 1. The van der Waals surface area contributed by atoms with Crippen LogP contribution in [0.4, 0.5) is 18.9 Å². The monoisotopic (exact) mass is 645 g/mol. The number of nitrogens with zero attached hydrogens (tertiary/aromatic N) is 3. The largest absolute Gasteiger partial charge is 0.496 e. The van der Waals surface area contributed by atoms with Crippen LogP contribution in [0.25, 0.3) is 11.3 Å². The number of amides is 2. The molecule has 5 rings (SSSR count). The highest BCUT2D eigenvalue weighted by atomic mass is 32.2. The van der Waals surface area contributed by atoms with Crippen LogP contribution in [-0.2, 0) is 20.5 Å². The predicted molar refractivity (Wildman–Crippen MR) is 160 cm³/mol. The molecule has 1 saturated heterocycles. The predicted octanol–water partition coefficient (Wildman–Crippen LogP) is 6.11. The minimum absolute atomic E-state index is 0.0434. The Bertz CT molecular complexity index is 1870. The second kappa shape index (κ2) is 13.3. The summed E-state index contributed by atoms with van der Waals surface area (Å²) in [6.45, 7) is -0.552. The quantitative estimate of drug-likeness (QED) is 0.120. The first-order chi connectivity index (χ1) is 22.0. The van der Waals surface area contributed by atoms with Gasteiger partial charge in [-0.05, 0) is 42.5 Å². The number of methoxy groups -OCH3 is 1. The lowest BCUT2D eigenvalue weighted by Crippen LogP contribution is -2.31. The summed E-state index contributed by atoms with van der Waals surface area (Å²) in [5.74, 6) is -2.33. The summed E-state index contributed by atoms with van der Waals surface area (Å²) < 4.78 is 52.2. The number of hydrogen-bond donors (Lipinski definition) is 0. The standard InChI is InChI=1S/C33H22F3N3O6S/c1-44-27-10-6-5-9-22(27)26(40)18-45-32(43)20-11-13-21(14-12-20)39-29(41)16-28(31(39)42)46-30-23(17-37)24(33(34,35)36)15-25(38-30)19-7-3-2-4-8-19/h2-15,28H,16,18H2,1H3. The molecule has 2 amide bonds. The number of hydrogen-bond acceptors (Lipinski definition) is 9. The van der Waals surface area contributed by atoms with Crippen LogP contribution in [0.5, 0.6) is 5.75 Å². The number of halogens is 3. The fraction of sp³-hybridized carbons (Fsp3) is 0.152. The second-order valence-electron chi connectivity index (χ2n) is 9.84. The van der Waals surface area contributed by atoms with E-state index in [2.05, 4.69) is 4.98 Å². The van der Waals surface area contributed by atoms with E-state index in [0.29, 0.717) is 23.1 Å². The highest BCUT2D eigenvalue weighted by molar-refractivity contribution is 8.00. The fourth-order valence-corrected chi connectivity index (χ4v) is 5.84. The van der Waals surface area contributed by atoms with Crippen molar-refractivity contribution >= 4 is 41.0 Å². The van der Waals surface area contributed by atoms with Crippen LogP contribution in [-0.4, -0.2) is 47.5 Å². The van der Waals surface area contributed by atoms with Gasteiger partial charge >= 0.3 is 12.1 Å². The average molecular weight is 646 g/mol. The van der Waals surface area contributed by atoms with Gasteiger partial charge in [0.05, 0.1) is 46.0 Å². The molecule has 0 radical (unpaired) electrons. The Morgan fingerprint density at radius 3 is 2.35 bits per heavy atom. The number of Topliss-reactive ketones (excluding diaryl/α,β-unsaturated/α-hetero) is 1. The Hall–Kier alpha value is -5.48. The lowest BCUT2D eigenvalue weighted by atomic mass is 10.1. The summed E-state index contributed by atoms with van der Waals surface area (Å²) in [5, 5.41) is 8.15. The van der Waals surface area contributed by atoms with Crippen molar-refractivity contribution in [3.05, 3.63) is 107 Å². The van der Waals surface area contributed by atoms with Crippen molar-refractivity contribution in [2.75, 3.05) is 18.6 Å². The van der Waals surface area contributed by atoms with Gasteiger partial charge in [-0.3, -0.25) is 14.4 Å². The van der Waals surface area contributed by atoms with Crippen molar-refractivity contribution in [3.63, 3.8) is 0 Å². The van der Waals surface area contributed by atoms with Gasteiger partial charge in [0.25, 0.3) is 0 Å². The van der Waals surface area contributed by atoms with Crippen LogP contribution in [0.3, 0.4) is 0 Å². The third-order valence-electron chi connectivity index (χ3n) is 6.94. The molecule has 1 unspecified atom stereocenters. The number of carbonyl (C=O) groups is 4. The Morgan fingerprint density at radius 2 is 1.70 bits per heavy atom. The summed E-state index contributed by atoms with van der Waals surface area (Å²) in [5.41, 5.74) is -1.23. The molecule has 0 N–H and O–H groups in total. The van der Waals surface area contributed by atoms with Crippen LogP contribution < -0.4 is 9.64 Å². The molecule has 4 aromatic rings. The number of pyridine rings is 1. The molecule has 0 bridgehead atoms. The van der Waals surface area contributed by atoms with Crippen LogP contribution >= 0.6 is 11.8 Å². The molecule has 9 nitrogen and oxygen atoms in total. The fourth-order valence-electron chi connectivity index (χ4n) is 4.71. The zero-order chi connectivity index (χ0) is 33.0. The van der Waals surface area contributed by atoms with E-state index in [1.165, 1.54) is 37.4 Å². The summed E-state index contributed by atoms with van der Waals surface area (Å²) in [6.07, 6.45) is -5.24. The van der Waals surface area contributed by atoms with E-state index in [-0.39, 0.29) is 34.0 Å². The Kier molecular flexibility index (Phi) is 9.20. The van der Waals surface area contributed by atoms with Gasteiger partial charge in [-0.25, -0.2) is 14.7 Å². The molecule has 3 aromatic carbocycles. The molecule has 13 heteroatoms. The number of rotatable bonds is 9. The molecule has 1 atom stereocenters. The number of benzene rings is 3. The maximum atomic E-state index is 14.0. The average Bonchev–Trinajstić information content (AvgIpc) is 3.34. The van der Waals surface area contributed by atoms with E-state index in [1.807, 2.05) is 0 Å². The van der Waals surface area contributed by atoms with E-state index in [9.17, 15) is 37.6 Å². The van der Waals surface area contributed by atoms with E-state index < -0.39 is 52.7 Å². The number of carbonyl (C=O) groups excluding carboxylic acids is 4. The van der Waals surface area contributed by atoms with E-state index in [4.69, 9.17) is 9.47 Å². The topological polar surface area (TPSA) is 127 Å². The number of imide groups is 1. The molecular weight excluding hydrogens is 623 g/mol. The zero-order valence-electron chi connectivity index (χ0n) is 23.9. The molecule has 232 valence electrons. The minimum atomic E-state index is -4.88. The Balaban J connectivity index is 1.32. The lowest BCUT2D eigenvalue weighted by molar-refractivity contribution is -0.138.